The van der Waals surface area contributed by atoms with Gasteiger partial charge < -0.3 is 20.2 Å². The molecule has 0 aromatic heterocycles. The van der Waals surface area contributed by atoms with Crippen molar-refractivity contribution >= 4 is 17.9 Å². The summed E-state index contributed by atoms with van der Waals surface area (Å²) in [5.41, 5.74) is 0. The second-order valence-electron chi connectivity index (χ2n) is 5.36. The molecule has 0 bridgehead atoms. The molecule has 2 N–H and O–H groups in total. The zero-order valence-corrected chi connectivity index (χ0v) is 13.5. The Hall–Kier alpha value is -1.79. The molecule has 0 radical (unpaired) electrons. The second-order valence-corrected chi connectivity index (χ2v) is 5.36. The largest absolute Gasteiger partial charge is 0.480 e. The predicted molar refractivity (Wildman–Crippen MR) is 80.0 cm³/mol. The van der Waals surface area contributed by atoms with Crippen LogP contribution in [0.4, 0.5) is 4.79 Å². The van der Waals surface area contributed by atoms with Gasteiger partial charge in [0.15, 0.2) is 0 Å². The summed E-state index contributed by atoms with van der Waals surface area (Å²) < 4.78 is 0. The lowest BCUT2D eigenvalue weighted by Gasteiger charge is -2.27. The number of rotatable bonds is 8. The average molecular weight is 301 g/mol. The third-order valence-electron chi connectivity index (χ3n) is 3.36. The van der Waals surface area contributed by atoms with Crippen LogP contribution in [-0.4, -0.2) is 66.0 Å². The number of urea groups is 1. The minimum absolute atomic E-state index is 0.0560. The lowest BCUT2D eigenvalue weighted by molar-refractivity contribution is -0.140. The highest BCUT2D eigenvalue weighted by Gasteiger charge is 2.28. The van der Waals surface area contributed by atoms with E-state index in [1.54, 1.807) is 21.0 Å². The summed E-state index contributed by atoms with van der Waals surface area (Å²) in [5, 5.41) is 11.7. The first-order valence-corrected chi connectivity index (χ1v) is 7.22. The highest BCUT2D eigenvalue weighted by Crippen LogP contribution is 2.09. The van der Waals surface area contributed by atoms with E-state index in [4.69, 9.17) is 0 Å². The van der Waals surface area contributed by atoms with Gasteiger partial charge in [-0.1, -0.05) is 27.2 Å². The highest BCUT2D eigenvalue weighted by atomic mass is 16.4. The van der Waals surface area contributed by atoms with Gasteiger partial charge in [-0.2, -0.15) is 0 Å². The van der Waals surface area contributed by atoms with Crippen molar-refractivity contribution in [2.24, 2.45) is 5.92 Å². The van der Waals surface area contributed by atoms with Crippen LogP contribution >= 0.6 is 0 Å². The normalized spacial score (nSPS) is 13.2. The van der Waals surface area contributed by atoms with E-state index in [0.717, 1.165) is 0 Å². The maximum absolute atomic E-state index is 12.2. The minimum Gasteiger partial charge on any atom is -0.480 e. The van der Waals surface area contributed by atoms with E-state index in [1.165, 1.54) is 9.80 Å². The molecule has 0 aliphatic rings. The quantitative estimate of drug-likeness (QED) is 0.699. The van der Waals surface area contributed by atoms with Crippen LogP contribution in [0.5, 0.6) is 0 Å². The van der Waals surface area contributed by atoms with E-state index in [1.807, 2.05) is 13.8 Å². The van der Waals surface area contributed by atoms with Crippen LogP contribution in [0.25, 0.3) is 0 Å². The van der Waals surface area contributed by atoms with Crippen molar-refractivity contribution in [3.63, 3.8) is 0 Å². The Morgan fingerprint density at radius 3 is 2.14 bits per heavy atom. The van der Waals surface area contributed by atoms with Crippen molar-refractivity contribution in [3.8, 4) is 0 Å². The number of carboxylic acid groups (broad SMARTS) is 1. The van der Waals surface area contributed by atoms with Gasteiger partial charge >= 0.3 is 12.0 Å². The summed E-state index contributed by atoms with van der Waals surface area (Å²) in [6.07, 6.45) is 1.33. The molecule has 7 heteroatoms. The molecule has 0 aliphatic heterocycles. The van der Waals surface area contributed by atoms with Crippen LogP contribution in [-0.2, 0) is 9.59 Å². The SMILES string of the molecule is CCCN(CC(=O)N(C)C)C(=O)NC(C(=O)O)C(C)CC. The Morgan fingerprint density at radius 2 is 1.76 bits per heavy atom. The molecule has 2 unspecified atom stereocenters. The van der Waals surface area contributed by atoms with E-state index in [-0.39, 0.29) is 18.4 Å². The Kier molecular flexibility index (Phi) is 8.42. The number of aliphatic carboxylic acids is 1. The number of likely N-dealkylation sites (N-methyl/N-ethyl adjacent to an activating group) is 1. The van der Waals surface area contributed by atoms with Crippen molar-refractivity contribution in [2.75, 3.05) is 27.2 Å². The number of carboxylic acids is 1. The van der Waals surface area contributed by atoms with Crippen LogP contribution in [0.3, 0.4) is 0 Å². The van der Waals surface area contributed by atoms with Crippen molar-refractivity contribution in [2.45, 2.75) is 39.7 Å². The van der Waals surface area contributed by atoms with E-state index in [9.17, 15) is 19.5 Å². The van der Waals surface area contributed by atoms with Crippen LogP contribution in [0.15, 0.2) is 0 Å². The van der Waals surface area contributed by atoms with E-state index in [0.29, 0.717) is 19.4 Å². The maximum Gasteiger partial charge on any atom is 0.326 e. The van der Waals surface area contributed by atoms with Gasteiger partial charge in [0, 0.05) is 20.6 Å². The fraction of sp³-hybridized carbons (Fsp3) is 0.786. The molecule has 122 valence electrons. The van der Waals surface area contributed by atoms with Gasteiger partial charge in [0.25, 0.3) is 0 Å². The van der Waals surface area contributed by atoms with Gasteiger partial charge in [-0.05, 0) is 12.3 Å². The van der Waals surface area contributed by atoms with Crippen LogP contribution in [0.1, 0.15) is 33.6 Å². The third-order valence-corrected chi connectivity index (χ3v) is 3.36. The second kappa shape index (κ2) is 9.20. The Labute approximate surface area is 126 Å². The smallest absolute Gasteiger partial charge is 0.326 e. The van der Waals surface area contributed by atoms with E-state index in [2.05, 4.69) is 5.32 Å². The number of hydrogen-bond acceptors (Lipinski definition) is 3. The Morgan fingerprint density at radius 1 is 1.19 bits per heavy atom. The zero-order valence-electron chi connectivity index (χ0n) is 13.5. The molecule has 0 heterocycles. The van der Waals surface area contributed by atoms with Crippen molar-refractivity contribution < 1.29 is 19.5 Å². The fourth-order valence-electron chi connectivity index (χ4n) is 1.73. The van der Waals surface area contributed by atoms with Gasteiger partial charge in [-0.15, -0.1) is 0 Å². The summed E-state index contributed by atoms with van der Waals surface area (Å²) in [6.45, 7) is 5.88. The van der Waals surface area contributed by atoms with E-state index >= 15 is 0 Å². The first kappa shape index (κ1) is 19.2. The average Bonchev–Trinajstić information content (AvgIpc) is 2.42. The van der Waals surface area contributed by atoms with Crippen molar-refractivity contribution in [1.82, 2.24) is 15.1 Å². The molecule has 0 spiro atoms. The monoisotopic (exact) mass is 301 g/mol. The molecule has 2 atom stereocenters. The zero-order chi connectivity index (χ0) is 16.6. The molecule has 21 heavy (non-hydrogen) atoms. The summed E-state index contributed by atoms with van der Waals surface area (Å²) >= 11 is 0. The molecule has 0 aromatic carbocycles. The fourth-order valence-corrected chi connectivity index (χ4v) is 1.73. The number of hydrogen-bond donors (Lipinski definition) is 2. The number of carbonyl (C=O) groups excluding carboxylic acids is 2. The summed E-state index contributed by atoms with van der Waals surface area (Å²) in [4.78, 5) is 37.9. The van der Waals surface area contributed by atoms with Crippen molar-refractivity contribution in [1.29, 1.82) is 0 Å². The molecule has 0 rings (SSSR count). The summed E-state index contributed by atoms with van der Waals surface area (Å²) in [7, 11) is 3.23. The molecule has 0 aromatic rings. The Balaban J connectivity index is 4.87. The first-order chi connectivity index (χ1) is 9.74. The summed E-state index contributed by atoms with van der Waals surface area (Å²) in [6, 6.07) is -1.46. The van der Waals surface area contributed by atoms with Gasteiger partial charge in [0.1, 0.15) is 12.6 Å². The number of amides is 3. The number of nitrogens with one attached hydrogen (secondary N) is 1. The molecule has 0 aliphatic carbocycles. The maximum atomic E-state index is 12.2. The minimum atomic E-state index is -1.06. The molecule has 0 saturated carbocycles. The van der Waals surface area contributed by atoms with Crippen LogP contribution in [0, 0.1) is 5.92 Å². The van der Waals surface area contributed by atoms with Gasteiger partial charge in [-0.3, -0.25) is 4.79 Å². The molecular formula is C14H27N3O4. The van der Waals surface area contributed by atoms with E-state index < -0.39 is 18.0 Å². The molecule has 0 fully saturated rings. The van der Waals surface area contributed by atoms with Gasteiger partial charge in [0.05, 0.1) is 0 Å². The predicted octanol–water partition coefficient (Wildman–Crippen LogP) is 0.996. The van der Waals surface area contributed by atoms with Crippen LogP contribution < -0.4 is 5.32 Å². The molecule has 7 nitrogen and oxygen atoms in total. The molecule has 3 amide bonds. The Bertz CT molecular complexity index is 371. The van der Waals surface area contributed by atoms with Crippen LogP contribution in [0.2, 0.25) is 0 Å². The number of nitrogens with zero attached hydrogens (tertiary/aromatic N) is 2. The molecular weight excluding hydrogens is 274 g/mol. The highest BCUT2D eigenvalue weighted by molar-refractivity contribution is 5.86. The summed E-state index contributed by atoms with van der Waals surface area (Å²) in [5.74, 6) is -1.44. The van der Waals surface area contributed by atoms with Gasteiger partial charge in [0.2, 0.25) is 5.91 Å². The third kappa shape index (κ3) is 6.46. The van der Waals surface area contributed by atoms with Gasteiger partial charge in [-0.25, -0.2) is 9.59 Å². The number of carbonyl (C=O) groups is 3. The lowest BCUT2D eigenvalue weighted by Crippen LogP contribution is -2.52. The first-order valence-electron chi connectivity index (χ1n) is 7.22. The molecule has 0 saturated heterocycles. The lowest BCUT2D eigenvalue weighted by atomic mass is 9.99. The standard InChI is InChI=1S/C14H27N3O4/c1-6-8-17(9-11(18)16(4)5)14(21)15-12(13(19)20)10(3)7-2/h10,12H,6-9H2,1-5H3,(H,15,21)(H,19,20). The topological polar surface area (TPSA) is 90.0 Å². The van der Waals surface area contributed by atoms with Crippen molar-refractivity contribution in [3.05, 3.63) is 0 Å².